The fourth-order valence-corrected chi connectivity index (χ4v) is 1.85. The van der Waals surface area contributed by atoms with Crippen molar-refractivity contribution in [3.63, 3.8) is 0 Å². The van der Waals surface area contributed by atoms with Crippen molar-refractivity contribution < 1.29 is 0 Å². The largest absolute Gasteiger partial charge is 0.367 e. The first-order chi connectivity index (χ1) is 6.84. The van der Waals surface area contributed by atoms with Crippen LogP contribution in [0.25, 0.3) is 0 Å². The maximum atomic E-state index is 4.16. The Morgan fingerprint density at radius 2 is 2.29 bits per heavy atom. The predicted octanol–water partition coefficient (Wildman–Crippen LogP) is 2.76. The molecule has 0 saturated heterocycles. The molecule has 0 aliphatic heterocycles. The Morgan fingerprint density at radius 3 is 3.00 bits per heavy atom. The van der Waals surface area contributed by atoms with Gasteiger partial charge in [0.2, 0.25) is 0 Å². The SMILES string of the molecule is Brc1cc(NC2CC=CCC2)ncn1. The summed E-state index contributed by atoms with van der Waals surface area (Å²) in [5.41, 5.74) is 0. The molecule has 2 rings (SSSR count). The zero-order valence-corrected chi connectivity index (χ0v) is 9.37. The average Bonchev–Trinajstić information content (AvgIpc) is 2.19. The molecule has 0 bridgehead atoms. The summed E-state index contributed by atoms with van der Waals surface area (Å²) in [5, 5.41) is 3.39. The van der Waals surface area contributed by atoms with Gasteiger partial charge in [0.15, 0.2) is 0 Å². The van der Waals surface area contributed by atoms with Crippen LogP contribution in [0.3, 0.4) is 0 Å². The molecule has 1 aromatic heterocycles. The molecule has 0 saturated carbocycles. The smallest absolute Gasteiger partial charge is 0.130 e. The number of allylic oxidation sites excluding steroid dienone is 1. The van der Waals surface area contributed by atoms with Crippen molar-refractivity contribution in [2.24, 2.45) is 0 Å². The molecule has 0 spiro atoms. The van der Waals surface area contributed by atoms with Gasteiger partial charge in [-0.3, -0.25) is 0 Å². The van der Waals surface area contributed by atoms with Gasteiger partial charge in [-0.15, -0.1) is 0 Å². The van der Waals surface area contributed by atoms with E-state index in [1.807, 2.05) is 6.07 Å². The minimum Gasteiger partial charge on any atom is -0.367 e. The van der Waals surface area contributed by atoms with E-state index in [-0.39, 0.29) is 0 Å². The highest BCUT2D eigenvalue weighted by molar-refractivity contribution is 9.10. The summed E-state index contributed by atoms with van der Waals surface area (Å²) >= 11 is 3.32. The van der Waals surface area contributed by atoms with Gasteiger partial charge in [0.25, 0.3) is 0 Å². The Labute approximate surface area is 91.8 Å². The van der Waals surface area contributed by atoms with E-state index in [0.29, 0.717) is 6.04 Å². The number of aromatic nitrogens is 2. The minimum atomic E-state index is 0.516. The van der Waals surface area contributed by atoms with Gasteiger partial charge in [-0.2, -0.15) is 0 Å². The van der Waals surface area contributed by atoms with Gasteiger partial charge in [-0.05, 0) is 35.2 Å². The summed E-state index contributed by atoms with van der Waals surface area (Å²) in [6.07, 6.45) is 9.43. The van der Waals surface area contributed by atoms with Crippen LogP contribution in [-0.4, -0.2) is 16.0 Å². The van der Waals surface area contributed by atoms with E-state index in [9.17, 15) is 0 Å². The summed E-state index contributed by atoms with van der Waals surface area (Å²) in [6.45, 7) is 0. The van der Waals surface area contributed by atoms with E-state index in [1.54, 1.807) is 6.33 Å². The molecule has 14 heavy (non-hydrogen) atoms. The summed E-state index contributed by atoms with van der Waals surface area (Å²) in [5.74, 6) is 0.896. The number of rotatable bonds is 2. The molecule has 1 atom stereocenters. The fraction of sp³-hybridized carbons (Fsp3) is 0.400. The maximum absolute atomic E-state index is 4.16. The third-order valence-corrected chi connectivity index (χ3v) is 2.69. The molecule has 0 aromatic carbocycles. The van der Waals surface area contributed by atoms with Gasteiger partial charge in [-0.25, -0.2) is 9.97 Å². The number of hydrogen-bond acceptors (Lipinski definition) is 3. The van der Waals surface area contributed by atoms with Gasteiger partial charge in [0.1, 0.15) is 16.7 Å². The monoisotopic (exact) mass is 253 g/mol. The molecule has 1 aromatic rings. The molecule has 0 fully saturated rings. The maximum Gasteiger partial charge on any atom is 0.130 e. The van der Waals surface area contributed by atoms with E-state index < -0.39 is 0 Å². The van der Waals surface area contributed by atoms with E-state index in [4.69, 9.17) is 0 Å². The summed E-state index contributed by atoms with van der Waals surface area (Å²) in [7, 11) is 0. The normalized spacial score (nSPS) is 20.8. The third kappa shape index (κ3) is 2.54. The standard InChI is InChI=1S/C10H12BrN3/c11-9-6-10(13-7-12-9)14-8-4-2-1-3-5-8/h1-2,6-8H,3-5H2,(H,12,13,14). The minimum absolute atomic E-state index is 0.516. The Balaban J connectivity index is 1.99. The van der Waals surface area contributed by atoms with Crippen molar-refractivity contribution in [1.29, 1.82) is 0 Å². The molecular weight excluding hydrogens is 242 g/mol. The quantitative estimate of drug-likeness (QED) is 0.651. The van der Waals surface area contributed by atoms with Gasteiger partial charge in [0.05, 0.1) is 0 Å². The molecule has 1 unspecified atom stereocenters. The van der Waals surface area contributed by atoms with Crippen molar-refractivity contribution >= 4 is 21.7 Å². The zero-order chi connectivity index (χ0) is 9.80. The van der Waals surface area contributed by atoms with Crippen LogP contribution in [0.5, 0.6) is 0 Å². The van der Waals surface area contributed by atoms with Gasteiger partial charge in [-0.1, -0.05) is 12.2 Å². The first kappa shape index (κ1) is 9.65. The van der Waals surface area contributed by atoms with Gasteiger partial charge < -0.3 is 5.32 Å². The fourth-order valence-electron chi connectivity index (χ4n) is 1.55. The first-order valence-electron chi connectivity index (χ1n) is 4.73. The third-order valence-electron chi connectivity index (χ3n) is 2.25. The molecule has 74 valence electrons. The lowest BCUT2D eigenvalue weighted by molar-refractivity contribution is 0.641. The van der Waals surface area contributed by atoms with E-state index >= 15 is 0 Å². The van der Waals surface area contributed by atoms with Crippen LogP contribution in [0.15, 0.2) is 29.1 Å². The second-order valence-electron chi connectivity index (χ2n) is 3.35. The average molecular weight is 254 g/mol. The highest BCUT2D eigenvalue weighted by Gasteiger charge is 2.09. The summed E-state index contributed by atoms with van der Waals surface area (Å²) in [6, 6.07) is 2.42. The van der Waals surface area contributed by atoms with Crippen molar-refractivity contribution in [3.05, 3.63) is 29.1 Å². The van der Waals surface area contributed by atoms with Crippen LogP contribution in [-0.2, 0) is 0 Å². The molecule has 1 aliphatic rings. The molecule has 0 radical (unpaired) electrons. The number of nitrogens with zero attached hydrogens (tertiary/aromatic N) is 2. The van der Waals surface area contributed by atoms with Crippen molar-refractivity contribution in [2.75, 3.05) is 5.32 Å². The van der Waals surface area contributed by atoms with E-state index in [2.05, 4.69) is 43.4 Å². The van der Waals surface area contributed by atoms with Crippen LogP contribution in [0.2, 0.25) is 0 Å². The summed E-state index contributed by atoms with van der Waals surface area (Å²) in [4.78, 5) is 8.14. The second-order valence-corrected chi connectivity index (χ2v) is 4.16. The Bertz CT molecular complexity index is 338. The summed E-state index contributed by atoms with van der Waals surface area (Å²) < 4.78 is 0.821. The number of halogens is 1. The lowest BCUT2D eigenvalue weighted by atomic mass is 10.0. The van der Waals surface area contributed by atoms with Crippen molar-refractivity contribution in [2.45, 2.75) is 25.3 Å². The molecule has 1 aliphatic carbocycles. The second kappa shape index (κ2) is 4.55. The lowest BCUT2D eigenvalue weighted by Crippen LogP contribution is -2.20. The molecule has 1 N–H and O–H groups in total. The predicted molar refractivity (Wildman–Crippen MR) is 60.1 cm³/mol. The van der Waals surface area contributed by atoms with Crippen molar-refractivity contribution in [1.82, 2.24) is 9.97 Å². The van der Waals surface area contributed by atoms with Crippen LogP contribution < -0.4 is 5.32 Å². The van der Waals surface area contributed by atoms with Gasteiger partial charge >= 0.3 is 0 Å². The Kier molecular flexibility index (Phi) is 3.14. The topological polar surface area (TPSA) is 37.8 Å². The lowest BCUT2D eigenvalue weighted by Gasteiger charge is -2.19. The number of nitrogens with one attached hydrogen (secondary N) is 1. The Morgan fingerprint density at radius 1 is 1.36 bits per heavy atom. The highest BCUT2D eigenvalue weighted by atomic mass is 79.9. The van der Waals surface area contributed by atoms with E-state index in [1.165, 1.54) is 6.42 Å². The van der Waals surface area contributed by atoms with Crippen molar-refractivity contribution in [3.8, 4) is 0 Å². The molecule has 1 heterocycles. The molecular formula is C10H12BrN3. The molecule has 0 amide bonds. The highest BCUT2D eigenvalue weighted by Crippen LogP contribution is 2.17. The van der Waals surface area contributed by atoms with Gasteiger partial charge in [0, 0.05) is 12.1 Å². The van der Waals surface area contributed by atoms with Crippen LogP contribution >= 0.6 is 15.9 Å². The first-order valence-corrected chi connectivity index (χ1v) is 5.53. The van der Waals surface area contributed by atoms with Crippen LogP contribution in [0.1, 0.15) is 19.3 Å². The Hall–Kier alpha value is -0.900. The molecule has 3 nitrogen and oxygen atoms in total. The number of hydrogen-bond donors (Lipinski definition) is 1. The van der Waals surface area contributed by atoms with E-state index in [0.717, 1.165) is 23.3 Å². The molecule has 4 heteroatoms. The number of anilines is 1. The van der Waals surface area contributed by atoms with Crippen LogP contribution in [0.4, 0.5) is 5.82 Å². The zero-order valence-electron chi connectivity index (χ0n) is 7.78. The van der Waals surface area contributed by atoms with Crippen LogP contribution in [0, 0.1) is 0 Å².